The van der Waals surface area contributed by atoms with Crippen molar-refractivity contribution in [3.63, 3.8) is 0 Å². The van der Waals surface area contributed by atoms with Gasteiger partial charge in [0.25, 0.3) is 0 Å². The molecular weight excluding hydrogens is 261 g/mol. The average Bonchev–Trinajstić information content (AvgIpc) is 2.22. The monoisotopic (exact) mass is 269 g/mol. The third-order valence-electron chi connectivity index (χ3n) is 2.12. The molecule has 0 spiro atoms. The molecule has 0 fully saturated rings. The molecule has 0 radical (unpaired) electrons. The number of hydrogen-bond acceptors (Lipinski definition) is 3. The van der Waals surface area contributed by atoms with Gasteiger partial charge in [0.05, 0.1) is 0 Å². The molecular formula is C12H9Cl2NO2. The molecule has 0 aliphatic carbocycles. The minimum atomic E-state index is -0.475. The summed E-state index contributed by atoms with van der Waals surface area (Å²) in [5.41, 5.74) is 0.311. The van der Waals surface area contributed by atoms with Gasteiger partial charge in [-0.2, -0.15) is 5.26 Å². The SMILES string of the molecule is CC(O)=C(C#N)C(=O)Cc1ccc(Cl)cc1Cl. The molecule has 5 heteroatoms. The summed E-state index contributed by atoms with van der Waals surface area (Å²) in [7, 11) is 0. The first-order valence-corrected chi connectivity index (χ1v) is 5.48. The number of nitriles is 1. The number of benzene rings is 1. The number of aliphatic hydroxyl groups is 1. The number of rotatable bonds is 3. The molecule has 0 aliphatic heterocycles. The van der Waals surface area contributed by atoms with E-state index in [4.69, 9.17) is 33.6 Å². The molecule has 0 amide bonds. The number of hydrogen-bond donors (Lipinski definition) is 1. The summed E-state index contributed by atoms with van der Waals surface area (Å²) >= 11 is 11.6. The first-order chi connectivity index (χ1) is 7.95. The van der Waals surface area contributed by atoms with Crippen LogP contribution in [-0.4, -0.2) is 10.9 Å². The molecule has 0 atom stereocenters. The fourth-order valence-corrected chi connectivity index (χ4v) is 1.75. The number of allylic oxidation sites excluding steroid dienone is 2. The number of carbonyl (C=O) groups excluding carboxylic acids is 1. The van der Waals surface area contributed by atoms with Crippen molar-refractivity contribution in [1.82, 2.24) is 0 Å². The van der Waals surface area contributed by atoms with Crippen molar-refractivity contribution in [3.05, 3.63) is 45.1 Å². The van der Waals surface area contributed by atoms with Gasteiger partial charge >= 0.3 is 0 Å². The third-order valence-corrected chi connectivity index (χ3v) is 2.71. The smallest absolute Gasteiger partial charge is 0.181 e. The summed E-state index contributed by atoms with van der Waals surface area (Å²) in [6.07, 6.45) is -0.0448. The Labute approximate surface area is 109 Å². The number of aliphatic hydroxyl groups excluding tert-OH is 1. The largest absolute Gasteiger partial charge is 0.511 e. The molecule has 88 valence electrons. The van der Waals surface area contributed by atoms with Crippen molar-refractivity contribution < 1.29 is 9.90 Å². The van der Waals surface area contributed by atoms with Gasteiger partial charge < -0.3 is 5.11 Å². The van der Waals surface area contributed by atoms with E-state index in [-0.39, 0.29) is 17.8 Å². The molecule has 0 saturated carbocycles. The lowest BCUT2D eigenvalue weighted by Crippen LogP contribution is -2.07. The molecule has 1 N–H and O–H groups in total. The van der Waals surface area contributed by atoms with E-state index in [1.807, 2.05) is 0 Å². The van der Waals surface area contributed by atoms with Gasteiger partial charge in [-0.3, -0.25) is 4.79 Å². The van der Waals surface area contributed by atoms with E-state index in [2.05, 4.69) is 0 Å². The Morgan fingerprint density at radius 2 is 2.12 bits per heavy atom. The summed E-state index contributed by atoms with van der Waals surface area (Å²) in [6.45, 7) is 1.29. The highest BCUT2D eigenvalue weighted by Gasteiger charge is 2.14. The van der Waals surface area contributed by atoms with Crippen LogP contribution in [0.2, 0.25) is 10.0 Å². The van der Waals surface area contributed by atoms with Crippen LogP contribution in [0.3, 0.4) is 0 Å². The Balaban J connectivity index is 2.97. The average molecular weight is 270 g/mol. The van der Waals surface area contributed by atoms with Crippen molar-refractivity contribution in [2.75, 3.05) is 0 Å². The number of ketones is 1. The zero-order valence-corrected chi connectivity index (χ0v) is 10.5. The fourth-order valence-electron chi connectivity index (χ4n) is 1.27. The molecule has 0 saturated heterocycles. The second-order valence-electron chi connectivity index (χ2n) is 3.41. The maximum atomic E-state index is 11.7. The minimum absolute atomic E-state index is 0.0448. The van der Waals surface area contributed by atoms with Crippen molar-refractivity contribution in [3.8, 4) is 6.07 Å². The van der Waals surface area contributed by atoms with E-state index in [0.717, 1.165) is 0 Å². The molecule has 17 heavy (non-hydrogen) atoms. The Morgan fingerprint density at radius 3 is 2.59 bits per heavy atom. The van der Waals surface area contributed by atoms with Gasteiger partial charge in [-0.05, 0) is 24.6 Å². The van der Waals surface area contributed by atoms with E-state index in [0.29, 0.717) is 15.6 Å². The predicted octanol–water partition coefficient (Wildman–Crippen LogP) is 3.46. The van der Waals surface area contributed by atoms with Gasteiger partial charge in [0.1, 0.15) is 17.4 Å². The molecule has 0 unspecified atom stereocenters. The van der Waals surface area contributed by atoms with E-state index in [9.17, 15) is 4.79 Å². The van der Waals surface area contributed by atoms with Crippen LogP contribution in [-0.2, 0) is 11.2 Å². The third kappa shape index (κ3) is 3.48. The zero-order chi connectivity index (χ0) is 13.0. The molecule has 0 aliphatic rings. The fraction of sp³-hybridized carbons (Fsp3) is 0.167. The molecule has 0 aromatic heterocycles. The topological polar surface area (TPSA) is 61.1 Å². The first-order valence-electron chi connectivity index (χ1n) is 4.72. The molecule has 0 heterocycles. The summed E-state index contributed by atoms with van der Waals surface area (Å²) in [5, 5.41) is 18.7. The maximum Gasteiger partial charge on any atom is 0.181 e. The highest BCUT2D eigenvalue weighted by molar-refractivity contribution is 6.35. The van der Waals surface area contributed by atoms with E-state index in [1.54, 1.807) is 18.2 Å². The van der Waals surface area contributed by atoms with Crippen LogP contribution in [0.15, 0.2) is 29.5 Å². The van der Waals surface area contributed by atoms with Crippen molar-refractivity contribution in [1.29, 1.82) is 5.26 Å². The number of nitrogens with zero attached hydrogens (tertiary/aromatic N) is 1. The Hall–Kier alpha value is -1.50. The second kappa shape index (κ2) is 5.72. The van der Waals surface area contributed by atoms with Gasteiger partial charge in [0.2, 0.25) is 0 Å². The van der Waals surface area contributed by atoms with Crippen molar-refractivity contribution in [2.45, 2.75) is 13.3 Å². The second-order valence-corrected chi connectivity index (χ2v) is 4.25. The molecule has 1 rings (SSSR count). The van der Waals surface area contributed by atoms with Gasteiger partial charge in [-0.15, -0.1) is 0 Å². The van der Waals surface area contributed by atoms with E-state index < -0.39 is 5.78 Å². The van der Waals surface area contributed by atoms with Crippen LogP contribution in [0.5, 0.6) is 0 Å². The van der Waals surface area contributed by atoms with Gasteiger partial charge in [-0.1, -0.05) is 29.3 Å². The summed E-state index contributed by atoms with van der Waals surface area (Å²) in [5.74, 6) is -0.765. The van der Waals surface area contributed by atoms with Gasteiger partial charge in [0, 0.05) is 16.5 Å². The van der Waals surface area contributed by atoms with Crippen molar-refractivity contribution in [2.24, 2.45) is 0 Å². The van der Waals surface area contributed by atoms with Crippen LogP contribution in [0.4, 0.5) is 0 Å². The Bertz CT molecular complexity index is 526. The molecule has 3 nitrogen and oxygen atoms in total. The minimum Gasteiger partial charge on any atom is -0.511 e. The Morgan fingerprint density at radius 1 is 1.47 bits per heavy atom. The maximum absolute atomic E-state index is 11.7. The number of Topliss-reactive ketones (excluding diaryl/α,β-unsaturated/α-hetero) is 1. The van der Waals surface area contributed by atoms with Crippen LogP contribution >= 0.6 is 23.2 Å². The summed E-state index contributed by atoms with van der Waals surface area (Å²) in [4.78, 5) is 11.7. The highest BCUT2D eigenvalue weighted by atomic mass is 35.5. The summed E-state index contributed by atoms with van der Waals surface area (Å²) in [6, 6.07) is 6.41. The molecule has 1 aromatic rings. The molecule has 0 bridgehead atoms. The van der Waals surface area contributed by atoms with Crippen LogP contribution in [0.25, 0.3) is 0 Å². The molecule has 1 aromatic carbocycles. The van der Waals surface area contributed by atoms with Crippen LogP contribution < -0.4 is 0 Å². The van der Waals surface area contributed by atoms with Crippen molar-refractivity contribution >= 4 is 29.0 Å². The lowest BCUT2D eigenvalue weighted by Gasteiger charge is -2.04. The van der Waals surface area contributed by atoms with Crippen LogP contribution in [0.1, 0.15) is 12.5 Å². The predicted molar refractivity (Wildman–Crippen MR) is 66.1 cm³/mol. The van der Waals surface area contributed by atoms with Gasteiger partial charge in [-0.25, -0.2) is 0 Å². The van der Waals surface area contributed by atoms with E-state index >= 15 is 0 Å². The number of halogens is 2. The number of carbonyl (C=O) groups is 1. The summed E-state index contributed by atoms with van der Waals surface area (Å²) < 4.78 is 0. The normalized spacial score (nSPS) is 11.6. The van der Waals surface area contributed by atoms with Crippen LogP contribution in [0, 0.1) is 11.3 Å². The quantitative estimate of drug-likeness (QED) is 0.519. The standard InChI is InChI=1S/C12H9Cl2NO2/c1-7(16)10(6-15)12(17)4-8-2-3-9(13)5-11(8)14/h2-3,5,16H,4H2,1H3. The highest BCUT2D eigenvalue weighted by Crippen LogP contribution is 2.22. The zero-order valence-electron chi connectivity index (χ0n) is 9.00. The van der Waals surface area contributed by atoms with E-state index in [1.165, 1.54) is 13.0 Å². The lowest BCUT2D eigenvalue weighted by molar-refractivity contribution is -0.114. The first kappa shape index (κ1) is 13.6. The Kier molecular flexibility index (Phi) is 4.56. The van der Waals surface area contributed by atoms with Gasteiger partial charge in [0.15, 0.2) is 5.78 Å². The lowest BCUT2D eigenvalue weighted by atomic mass is 10.0.